The lowest BCUT2D eigenvalue weighted by Gasteiger charge is -2.21. The number of hydrogen-bond donors (Lipinski definition) is 1. The summed E-state index contributed by atoms with van der Waals surface area (Å²) < 4.78 is 44.2. The summed E-state index contributed by atoms with van der Waals surface area (Å²) in [4.78, 5) is 23.5. The van der Waals surface area contributed by atoms with Crippen LogP contribution in [0.2, 0.25) is 5.02 Å². The fourth-order valence-electron chi connectivity index (χ4n) is 2.70. The molecule has 0 fully saturated rings. The number of benzene rings is 2. The van der Waals surface area contributed by atoms with E-state index in [1.54, 1.807) is 20.8 Å². The summed E-state index contributed by atoms with van der Waals surface area (Å²) >= 11 is 9.18. The van der Waals surface area contributed by atoms with E-state index in [4.69, 9.17) is 25.8 Å². The van der Waals surface area contributed by atoms with Gasteiger partial charge in [0, 0.05) is 17.7 Å². The lowest BCUT2D eigenvalue weighted by atomic mass is 10.1. The fraction of sp³-hybridized carbons (Fsp3) is 0.300. The molecule has 1 aliphatic rings. The van der Waals surface area contributed by atoms with Crippen LogP contribution < -0.4 is 14.2 Å². The minimum Gasteiger partial charge on any atom is -0.459 e. The van der Waals surface area contributed by atoms with E-state index in [1.807, 2.05) is 0 Å². The molecule has 1 aliphatic heterocycles. The summed E-state index contributed by atoms with van der Waals surface area (Å²) in [5, 5.41) is 0.0868. The molecule has 0 amide bonds. The van der Waals surface area contributed by atoms with Crippen molar-refractivity contribution >= 4 is 55.0 Å². The zero-order chi connectivity index (χ0) is 23.0. The van der Waals surface area contributed by atoms with E-state index < -0.39 is 32.2 Å². The van der Waals surface area contributed by atoms with Crippen molar-refractivity contribution in [1.29, 1.82) is 0 Å². The van der Waals surface area contributed by atoms with Crippen molar-refractivity contribution < 1.29 is 32.2 Å². The second kappa shape index (κ2) is 8.68. The van der Waals surface area contributed by atoms with Gasteiger partial charge in [0.25, 0.3) is 10.0 Å². The minimum atomic E-state index is -4.25. The Morgan fingerprint density at radius 1 is 1.16 bits per heavy atom. The van der Waals surface area contributed by atoms with Crippen molar-refractivity contribution in [3.8, 4) is 11.5 Å². The number of nitrogens with one attached hydrogen (secondary N) is 1. The largest absolute Gasteiger partial charge is 0.459 e. The molecule has 0 aliphatic carbocycles. The summed E-state index contributed by atoms with van der Waals surface area (Å²) in [6.07, 6.45) is 0. The predicted octanol–water partition coefficient (Wildman–Crippen LogP) is 4.16. The number of fused-ring (bicyclic) bond motifs is 1. The number of rotatable bonds is 6. The Labute approximate surface area is 193 Å². The van der Waals surface area contributed by atoms with Gasteiger partial charge in [0.2, 0.25) is 6.79 Å². The van der Waals surface area contributed by atoms with Crippen molar-refractivity contribution in [3.63, 3.8) is 0 Å². The third-order valence-corrected chi connectivity index (χ3v) is 6.52. The Bertz CT molecular complexity index is 1140. The first-order valence-corrected chi connectivity index (χ1v) is 11.8. The molecule has 1 unspecified atom stereocenters. The monoisotopic (exact) mass is 531 g/mol. The SMILES string of the molecule is CC(C)(C)OC(=O)C(Br)C(=O)c1ccccc1S(=O)(=O)Nc1cc2c(cc1Cl)OCO2. The van der Waals surface area contributed by atoms with Gasteiger partial charge in [0.1, 0.15) is 5.60 Å². The first-order valence-electron chi connectivity index (χ1n) is 9.01. The molecule has 0 bridgehead atoms. The van der Waals surface area contributed by atoms with E-state index in [2.05, 4.69) is 20.7 Å². The molecule has 0 saturated heterocycles. The fourth-order valence-corrected chi connectivity index (χ4v) is 4.58. The number of carbonyl (C=O) groups excluding carboxylic acids is 2. The highest BCUT2D eigenvalue weighted by atomic mass is 79.9. The third-order valence-electron chi connectivity index (χ3n) is 3.99. The van der Waals surface area contributed by atoms with Gasteiger partial charge in [0.15, 0.2) is 22.1 Å². The summed E-state index contributed by atoms with van der Waals surface area (Å²) in [6, 6.07) is 8.34. The maximum atomic E-state index is 13.1. The van der Waals surface area contributed by atoms with E-state index in [-0.39, 0.29) is 28.0 Å². The summed E-state index contributed by atoms with van der Waals surface area (Å²) in [5.41, 5.74) is -0.942. The number of sulfonamides is 1. The Morgan fingerprint density at radius 2 is 1.77 bits per heavy atom. The van der Waals surface area contributed by atoms with Crippen molar-refractivity contribution in [2.24, 2.45) is 0 Å². The highest BCUT2D eigenvalue weighted by molar-refractivity contribution is 9.10. The second-order valence-corrected chi connectivity index (χ2v) is 10.5. The average Bonchev–Trinajstić information content (AvgIpc) is 3.12. The first kappa shape index (κ1) is 23.4. The molecule has 1 atom stereocenters. The Balaban J connectivity index is 1.92. The summed E-state index contributed by atoms with van der Waals surface area (Å²) in [7, 11) is -4.25. The molecule has 2 aromatic rings. The van der Waals surface area contributed by atoms with Gasteiger partial charge < -0.3 is 14.2 Å². The molecule has 1 N–H and O–H groups in total. The maximum absolute atomic E-state index is 13.1. The number of Topliss-reactive ketones (excluding diaryl/α,β-unsaturated/α-hetero) is 1. The topological polar surface area (TPSA) is 108 Å². The van der Waals surface area contributed by atoms with Crippen LogP contribution in [0.1, 0.15) is 31.1 Å². The molecular weight excluding hydrogens is 514 g/mol. The average molecular weight is 533 g/mol. The molecule has 0 saturated carbocycles. The van der Waals surface area contributed by atoms with Crippen LogP contribution >= 0.6 is 27.5 Å². The smallest absolute Gasteiger partial charge is 0.328 e. The number of halogens is 2. The molecule has 31 heavy (non-hydrogen) atoms. The predicted molar refractivity (Wildman–Crippen MR) is 118 cm³/mol. The van der Waals surface area contributed by atoms with Crippen molar-refractivity contribution in [1.82, 2.24) is 0 Å². The number of alkyl halides is 1. The number of esters is 1. The molecule has 0 spiro atoms. The van der Waals surface area contributed by atoms with Gasteiger partial charge in [-0.25, -0.2) is 8.42 Å². The van der Waals surface area contributed by atoms with Gasteiger partial charge in [0.05, 0.1) is 15.6 Å². The quantitative estimate of drug-likeness (QED) is 0.258. The van der Waals surface area contributed by atoms with E-state index in [9.17, 15) is 18.0 Å². The van der Waals surface area contributed by atoms with Gasteiger partial charge in [-0.3, -0.25) is 14.3 Å². The van der Waals surface area contributed by atoms with Crippen LogP contribution in [0.3, 0.4) is 0 Å². The highest BCUT2D eigenvalue weighted by Crippen LogP contribution is 2.40. The number of hydrogen-bond acceptors (Lipinski definition) is 7. The van der Waals surface area contributed by atoms with Crippen LogP contribution in [0.4, 0.5) is 5.69 Å². The Hall–Kier alpha value is -2.30. The molecule has 166 valence electrons. The van der Waals surface area contributed by atoms with Crippen LogP contribution in [-0.4, -0.2) is 37.4 Å². The van der Waals surface area contributed by atoms with E-state index in [0.29, 0.717) is 11.5 Å². The molecule has 11 heteroatoms. The van der Waals surface area contributed by atoms with Crippen molar-refractivity contribution in [3.05, 3.63) is 47.0 Å². The molecule has 0 radical (unpaired) electrons. The summed E-state index contributed by atoms with van der Waals surface area (Å²) in [6.45, 7) is 4.97. The zero-order valence-corrected chi connectivity index (χ0v) is 19.9. The standard InChI is InChI=1S/C20H19BrClNO7S/c1-20(2,3)30-19(25)17(21)18(24)11-6-4-5-7-16(11)31(26,27)23-13-9-15-14(8-12(13)22)28-10-29-15/h4-9,17,23H,10H2,1-3H3. The van der Waals surface area contributed by atoms with Crippen LogP contribution in [0, 0.1) is 0 Å². The second-order valence-electron chi connectivity index (χ2n) is 7.55. The van der Waals surface area contributed by atoms with E-state index >= 15 is 0 Å². The van der Waals surface area contributed by atoms with E-state index in [1.165, 1.54) is 36.4 Å². The van der Waals surface area contributed by atoms with Gasteiger partial charge >= 0.3 is 5.97 Å². The molecule has 2 aromatic carbocycles. The van der Waals surface area contributed by atoms with Crippen molar-refractivity contribution in [2.45, 2.75) is 36.1 Å². The lowest BCUT2D eigenvalue weighted by molar-refractivity contribution is -0.152. The third kappa shape index (κ3) is 5.31. The maximum Gasteiger partial charge on any atom is 0.328 e. The van der Waals surface area contributed by atoms with Gasteiger partial charge in [-0.05, 0) is 32.9 Å². The number of carbonyl (C=O) groups is 2. The Kier molecular flexibility index (Phi) is 6.54. The zero-order valence-electron chi connectivity index (χ0n) is 16.8. The van der Waals surface area contributed by atoms with Gasteiger partial charge in [-0.2, -0.15) is 0 Å². The molecular formula is C20H19BrClNO7S. The number of ether oxygens (including phenoxy) is 3. The molecule has 3 rings (SSSR count). The van der Waals surface area contributed by atoms with Crippen LogP contribution in [0.15, 0.2) is 41.3 Å². The lowest BCUT2D eigenvalue weighted by Crippen LogP contribution is -2.34. The molecule has 8 nitrogen and oxygen atoms in total. The first-order chi connectivity index (χ1) is 14.4. The van der Waals surface area contributed by atoms with E-state index in [0.717, 1.165) is 0 Å². The van der Waals surface area contributed by atoms with Crippen LogP contribution in [-0.2, 0) is 19.6 Å². The highest BCUT2D eigenvalue weighted by Gasteiger charge is 2.33. The number of anilines is 1. The summed E-state index contributed by atoms with van der Waals surface area (Å²) in [5.74, 6) is -0.858. The van der Waals surface area contributed by atoms with Crippen LogP contribution in [0.5, 0.6) is 11.5 Å². The number of ketones is 1. The normalized spacial score (nSPS) is 14.1. The van der Waals surface area contributed by atoms with Gasteiger partial charge in [-0.1, -0.05) is 39.7 Å². The minimum absolute atomic E-state index is 0.00347. The van der Waals surface area contributed by atoms with Gasteiger partial charge in [-0.15, -0.1) is 0 Å². The molecule has 0 aromatic heterocycles. The molecule has 1 heterocycles. The Morgan fingerprint density at radius 3 is 2.42 bits per heavy atom. The van der Waals surface area contributed by atoms with Crippen LogP contribution in [0.25, 0.3) is 0 Å². The van der Waals surface area contributed by atoms with Crippen molar-refractivity contribution in [2.75, 3.05) is 11.5 Å².